The molecule has 0 saturated heterocycles. The summed E-state index contributed by atoms with van der Waals surface area (Å²) < 4.78 is 0. The molecule has 0 spiro atoms. The van der Waals surface area contributed by atoms with Crippen LogP contribution < -0.4 is 11.1 Å². The Morgan fingerprint density at radius 2 is 2.06 bits per heavy atom. The van der Waals surface area contributed by atoms with Crippen LogP contribution in [-0.4, -0.2) is 29.7 Å². The maximum absolute atomic E-state index is 11.7. The number of carbonyl (C=O) groups is 1. The zero-order valence-corrected chi connectivity index (χ0v) is 10.1. The van der Waals surface area contributed by atoms with Crippen molar-refractivity contribution in [1.29, 1.82) is 0 Å². The van der Waals surface area contributed by atoms with Gasteiger partial charge in [0.1, 0.15) is 0 Å². The number of carbonyl (C=O) groups excluding carboxylic acids is 1. The Kier molecular flexibility index (Phi) is 5.66. The Morgan fingerprint density at radius 1 is 1.41 bits per heavy atom. The highest BCUT2D eigenvalue weighted by Crippen LogP contribution is 2.02. The quantitative estimate of drug-likeness (QED) is 0.671. The molecule has 4 heteroatoms. The highest BCUT2D eigenvalue weighted by molar-refractivity contribution is 5.82. The first kappa shape index (κ1) is 13.7. The van der Waals surface area contributed by atoms with Crippen molar-refractivity contribution in [2.75, 3.05) is 6.61 Å². The molecule has 0 unspecified atom stereocenters. The molecule has 0 aliphatic carbocycles. The molecule has 0 aliphatic heterocycles. The average Bonchev–Trinajstić information content (AvgIpc) is 2.36. The van der Waals surface area contributed by atoms with Crippen LogP contribution in [0.2, 0.25) is 0 Å². The highest BCUT2D eigenvalue weighted by atomic mass is 16.3. The van der Waals surface area contributed by atoms with Crippen molar-refractivity contribution in [2.24, 2.45) is 5.73 Å². The molecule has 94 valence electrons. The van der Waals surface area contributed by atoms with Gasteiger partial charge >= 0.3 is 0 Å². The van der Waals surface area contributed by atoms with Crippen molar-refractivity contribution in [3.63, 3.8) is 0 Å². The summed E-state index contributed by atoms with van der Waals surface area (Å²) in [6.07, 6.45) is 1.20. The molecule has 4 N–H and O–H groups in total. The standard InChI is InChI=1S/C13H20N2O2/c1-2-11(9-16)15-13(17)12(14)8-10-6-4-3-5-7-10/h3-7,11-12,16H,2,8-9,14H2,1H3,(H,15,17)/t11-,12+/m1/s1. The van der Waals surface area contributed by atoms with Crippen molar-refractivity contribution < 1.29 is 9.90 Å². The normalized spacial score (nSPS) is 14.1. The second-order valence-electron chi connectivity index (χ2n) is 4.09. The van der Waals surface area contributed by atoms with Crippen LogP contribution in [0.25, 0.3) is 0 Å². The largest absolute Gasteiger partial charge is 0.394 e. The Hall–Kier alpha value is -1.39. The van der Waals surface area contributed by atoms with E-state index in [1.165, 1.54) is 0 Å². The van der Waals surface area contributed by atoms with Gasteiger partial charge < -0.3 is 16.2 Å². The summed E-state index contributed by atoms with van der Waals surface area (Å²) >= 11 is 0. The zero-order valence-electron chi connectivity index (χ0n) is 10.1. The van der Waals surface area contributed by atoms with Crippen LogP contribution in [0.15, 0.2) is 30.3 Å². The summed E-state index contributed by atoms with van der Waals surface area (Å²) in [6.45, 7) is 1.85. The van der Waals surface area contributed by atoms with Gasteiger partial charge in [0.15, 0.2) is 0 Å². The van der Waals surface area contributed by atoms with E-state index < -0.39 is 6.04 Å². The Bertz CT molecular complexity index is 337. The van der Waals surface area contributed by atoms with Crippen LogP contribution in [0, 0.1) is 0 Å². The number of aliphatic hydroxyl groups excluding tert-OH is 1. The Morgan fingerprint density at radius 3 is 2.59 bits per heavy atom. The lowest BCUT2D eigenvalue weighted by Gasteiger charge is -2.17. The topological polar surface area (TPSA) is 75.3 Å². The van der Waals surface area contributed by atoms with E-state index in [9.17, 15) is 4.79 Å². The van der Waals surface area contributed by atoms with E-state index in [0.717, 1.165) is 5.56 Å². The number of benzene rings is 1. The third-order valence-electron chi connectivity index (χ3n) is 2.69. The smallest absolute Gasteiger partial charge is 0.237 e. The predicted octanol–water partition coefficient (Wildman–Crippen LogP) is 0.444. The maximum Gasteiger partial charge on any atom is 0.237 e. The van der Waals surface area contributed by atoms with Gasteiger partial charge in [-0.2, -0.15) is 0 Å². The summed E-state index contributed by atoms with van der Waals surface area (Å²) in [5.41, 5.74) is 6.85. The highest BCUT2D eigenvalue weighted by Gasteiger charge is 2.16. The molecule has 0 aromatic heterocycles. The SMILES string of the molecule is CC[C@H](CO)NC(=O)[C@@H](N)Cc1ccccc1. The first-order valence-corrected chi connectivity index (χ1v) is 5.88. The van der Waals surface area contributed by atoms with Gasteiger partial charge in [-0.05, 0) is 18.4 Å². The Labute approximate surface area is 102 Å². The number of hydrogen-bond acceptors (Lipinski definition) is 3. The lowest BCUT2D eigenvalue weighted by Crippen LogP contribution is -2.47. The molecule has 4 nitrogen and oxygen atoms in total. The minimum atomic E-state index is -0.571. The van der Waals surface area contributed by atoms with Crippen LogP contribution in [0.4, 0.5) is 0 Å². The lowest BCUT2D eigenvalue weighted by molar-refractivity contribution is -0.123. The van der Waals surface area contributed by atoms with Crippen LogP contribution >= 0.6 is 0 Å². The van der Waals surface area contributed by atoms with Crippen molar-refractivity contribution in [3.05, 3.63) is 35.9 Å². The molecular formula is C13H20N2O2. The van der Waals surface area contributed by atoms with E-state index in [1.807, 2.05) is 37.3 Å². The number of hydrogen-bond donors (Lipinski definition) is 3. The van der Waals surface area contributed by atoms with E-state index in [4.69, 9.17) is 10.8 Å². The van der Waals surface area contributed by atoms with Gasteiger partial charge in [0.25, 0.3) is 0 Å². The number of rotatable bonds is 6. The summed E-state index contributed by atoms with van der Waals surface area (Å²) in [4.78, 5) is 11.7. The molecular weight excluding hydrogens is 216 g/mol. The second-order valence-corrected chi connectivity index (χ2v) is 4.09. The van der Waals surface area contributed by atoms with Crippen LogP contribution in [-0.2, 0) is 11.2 Å². The van der Waals surface area contributed by atoms with Crippen LogP contribution in [0.3, 0.4) is 0 Å². The van der Waals surface area contributed by atoms with Crippen molar-refractivity contribution in [2.45, 2.75) is 31.8 Å². The number of aliphatic hydroxyl groups is 1. The summed E-state index contributed by atoms with van der Waals surface area (Å²) in [6, 6.07) is 8.87. The van der Waals surface area contributed by atoms with Gasteiger partial charge in [-0.15, -0.1) is 0 Å². The predicted molar refractivity (Wildman–Crippen MR) is 67.4 cm³/mol. The van der Waals surface area contributed by atoms with Gasteiger partial charge in [-0.3, -0.25) is 4.79 Å². The monoisotopic (exact) mass is 236 g/mol. The van der Waals surface area contributed by atoms with E-state index in [1.54, 1.807) is 0 Å². The third-order valence-corrected chi connectivity index (χ3v) is 2.69. The fourth-order valence-electron chi connectivity index (χ4n) is 1.55. The van der Waals surface area contributed by atoms with E-state index in [2.05, 4.69) is 5.32 Å². The second kappa shape index (κ2) is 7.04. The molecule has 0 radical (unpaired) electrons. The van der Waals surface area contributed by atoms with E-state index in [-0.39, 0.29) is 18.6 Å². The number of amides is 1. The molecule has 0 aliphatic rings. The molecule has 0 saturated carbocycles. The van der Waals surface area contributed by atoms with Crippen molar-refractivity contribution >= 4 is 5.91 Å². The fourth-order valence-corrected chi connectivity index (χ4v) is 1.55. The third kappa shape index (κ3) is 4.54. The minimum absolute atomic E-state index is 0.0553. The molecule has 1 aromatic rings. The molecule has 1 aromatic carbocycles. The van der Waals surface area contributed by atoms with Crippen molar-refractivity contribution in [1.82, 2.24) is 5.32 Å². The minimum Gasteiger partial charge on any atom is -0.394 e. The van der Waals surface area contributed by atoms with Crippen LogP contribution in [0.5, 0.6) is 0 Å². The summed E-state index contributed by atoms with van der Waals surface area (Å²) in [5.74, 6) is -0.213. The first-order valence-electron chi connectivity index (χ1n) is 5.88. The van der Waals surface area contributed by atoms with Gasteiger partial charge in [0.05, 0.1) is 18.7 Å². The molecule has 0 fully saturated rings. The van der Waals surface area contributed by atoms with Gasteiger partial charge in [0.2, 0.25) is 5.91 Å². The van der Waals surface area contributed by atoms with Crippen LogP contribution in [0.1, 0.15) is 18.9 Å². The van der Waals surface area contributed by atoms with E-state index in [0.29, 0.717) is 12.8 Å². The van der Waals surface area contributed by atoms with Gasteiger partial charge in [0, 0.05) is 0 Å². The molecule has 2 atom stereocenters. The maximum atomic E-state index is 11.7. The molecule has 1 rings (SSSR count). The number of nitrogens with one attached hydrogen (secondary N) is 1. The molecule has 0 bridgehead atoms. The summed E-state index contributed by atoms with van der Waals surface area (Å²) in [5, 5.41) is 11.7. The fraction of sp³-hybridized carbons (Fsp3) is 0.462. The average molecular weight is 236 g/mol. The van der Waals surface area contributed by atoms with Gasteiger partial charge in [-0.1, -0.05) is 37.3 Å². The lowest BCUT2D eigenvalue weighted by atomic mass is 10.1. The Balaban J connectivity index is 2.47. The van der Waals surface area contributed by atoms with E-state index >= 15 is 0 Å². The first-order chi connectivity index (χ1) is 8.17. The van der Waals surface area contributed by atoms with Gasteiger partial charge in [-0.25, -0.2) is 0 Å². The number of nitrogens with two attached hydrogens (primary N) is 1. The molecule has 0 heterocycles. The summed E-state index contributed by atoms with van der Waals surface area (Å²) in [7, 11) is 0. The molecule has 17 heavy (non-hydrogen) atoms. The molecule has 1 amide bonds. The zero-order chi connectivity index (χ0) is 12.7. The van der Waals surface area contributed by atoms with Crippen molar-refractivity contribution in [3.8, 4) is 0 Å².